The molecule has 3 heteroatoms. The number of hydrogen-bond acceptors (Lipinski definition) is 2. The van der Waals surface area contributed by atoms with Gasteiger partial charge in [-0.05, 0) is 42.1 Å². The Kier molecular flexibility index (Phi) is 7.60. The average molecular weight is 383 g/mol. The Bertz CT molecular complexity index is 674. The first-order valence-corrected chi connectivity index (χ1v) is 11.7. The molecule has 0 aromatic heterocycles. The summed E-state index contributed by atoms with van der Waals surface area (Å²) < 4.78 is 6.75. The van der Waals surface area contributed by atoms with E-state index in [9.17, 15) is 5.11 Å². The predicted octanol–water partition coefficient (Wildman–Crippen LogP) is 4.67. The van der Waals surface area contributed by atoms with Crippen molar-refractivity contribution in [1.29, 1.82) is 0 Å². The van der Waals surface area contributed by atoms with Gasteiger partial charge in [-0.3, -0.25) is 0 Å². The summed E-state index contributed by atoms with van der Waals surface area (Å²) in [7, 11) is -2.55. The van der Waals surface area contributed by atoms with Gasteiger partial charge in [0.2, 0.25) is 0 Å². The molecule has 2 aromatic carbocycles. The highest BCUT2D eigenvalue weighted by Crippen LogP contribution is 2.36. The molecule has 0 fully saturated rings. The van der Waals surface area contributed by atoms with E-state index in [2.05, 4.69) is 89.2 Å². The molecule has 146 valence electrons. The molecule has 0 aliphatic heterocycles. The second-order valence-electron chi connectivity index (χ2n) is 8.49. The van der Waals surface area contributed by atoms with Gasteiger partial charge >= 0.3 is 0 Å². The quantitative estimate of drug-likeness (QED) is 0.531. The first kappa shape index (κ1) is 21.6. The lowest BCUT2D eigenvalue weighted by atomic mass is 10.1. The van der Waals surface area contributed by atoms with Crippen LogP contribution in [-0.4, -0.2) is 26.1 Å². The third-order valence-electron chi connectivity index (χ3n) is 4.96. The van der Waals surface area contributed by atoms with Crippen LogP contribution in [0.2, 0.25) is 5.04 Å². The molecule has 2 rings (SSSR count). The van der Waals surface area contributed by atoms with Crippen molar-refractivity contribution in [3.05, 3.63) is 72.3 Å². The Labute approximate surface area is 166 Å². The fraction of sp³-hybridized carbons (Fsp3) is 0.417. The van der Waals surface area contributed by atoms with Crippen molar-refractivity contribution in [3.63, 3.8) is 0 Å². The van der Waals surface area contributed by atoms with Gasteiger partial charge in [0.25, 0.3) is 8.32 Å². The minimum absolute atomic E-state index is 0.0602. The summed E-state index contributed by atoms with van der Waals surface area (Å²) >= 11 is 0. The highest BCUT2D eigenvalue weighted by molar-refractivity contribution is 6.99. The van der Waals surface area contributed by atoms with Gasteiger partial charge in [0.15, 0.2) is 0 Å². The standard InChI is InChI=1S/C24H34O2Si/c1-20(2)13-12-14-21(25)19-26-27(24(3,4)5,22-15-8-6-9-16-22)23-17-10-7-11-18-23/h6-11,13,15-18,21,25H,12,14,19H2,1-5H3/t21-/m0/s1. The van der Waals surface area contributed by atoms with Crippen LogP contribution in [0.3, 0.4) is 0 Å². The molecule has 0 heterocycles. The Morgan fingerprint density at radius 2 is 1.44 bits per heavy atom. The van der Waals surface area contributed by atoms with E-state index in [0.29, 0.717) is 6.61 Å². The molecule has 1 atom stereocenters. The summed E-state index contributed by atoms with van der Waals surface area (Å²) in [6.45, 7) is 11.3. The fourth-order valence-electron chi connectivity index (χ4n) is 3.63. The summed E-state index contributed by atoms with van der Waals surface area (Å²) in [6, 6.07) is 21.1. The zero-order valence-electron chi connectivity index (χ0n) is 17.4. The molecule has 0 unspecified atom stereocenters. The molecule has 0 aliphatic rings. The molecule has 0 bridgehead atoms. The SMILES string of the molecule is CC(C)=CCC[C@H](O)CO[Si](c1ccccc1)(c1ccccc1)C(C)(C)C. The average Bonchev–Trinajstić information content (AvgIpc) is 2.62. The monoisotopic (exact) mass is 382 g/mol. The van der Waals surface area contributed by atoms with Crippen molar-refractivity contribution in [1.82, 2.24) is 0 Å². The van der Waals surface area contributed by atoms with Crippen LogP contribution in [0.15, 0.2) is 72.3 Å². The number of benzene rings is 2. The zero-order chi connectivity index (χ0) is 19.9. The van der Waals surface area contributed by atoms with Crippen molar-refractivity contribution in [3.8, 4) is 0 Å². The largest absolute Gasteiger partial charge is 0.405 e. The first-order valence-electron chi connectivity index (χ1n) is 9.84. The Morgan fingerprint density at radius 3 is 1.85 bits per heavy atom. The minimum atomic E-state index is -2.55. The maximum absolute atomic E-state index is 10.6. The van der Waals surface area contributed by atoms with E-state index in [1.165, 1.54) is 15.9 Å². The maximum atomic E-state index is 10.6. The topological polar surface area (TPSA) is 29.5 Å². The van der Waals surface area contributed by atoms with E-state index >= 15 is 0 Å². The van der Waals surface area contributed by atoms with Crippen molar-refractivity contribution in [2.24, 2.45) is 0 Å². The van der Waals surface area contributed by atoms with Gasteiger partial charge in [-0.25, -0.2) is 0 Å². The van der Waals surface area contributed by atoms with Crippen LogP contribution >= 0.6 is 0 Å². The molecule has 0 saturated heterocycles. The molecule has 2 aromatic rings. The number of aliphatic hydroxyl groups is 1. The third kappa shape index (κ3) is 5.41. The molecule has 2 nitrogen and oxygen atoms in total. The summed E-state index contributed by atoms with van der Waals surface area (Å²) in [4.78, 5) is 0. The van der Waals surface area contributed by atoms with E-state index < -0.39 is 14.4 Å². The van der Waals surface area contributed by atoms with Crippen molar-refractivity contribution in [2.75, 3.05) is 6.61 Å². The fourth-order valence-corrected chi connectivity index (χ4v) is 8.23. The van der Waals surface area contributed by atoms with Gasteiger partial charge in [-0.15, -0.1) is 0 Å². The Morgan fingerprint density at radius 1 is 0.963 bits per heavy atom. The van der Waals surface area contributed by atoms with Gasteiger partial charge in [0.05, 0.1) is 12.7 Å². The number of aliphatic hydroxyl groups excluding tert-OH is 1. The highest BCUT2D eigenvalue weighted by Gasteiger charge is 2.50. The molecule has 27 heavy (non-hydrogen) atoms. The van der Waals surface area contributed by atoms with Crippen LogP contribution < -0.4 is 10.4 Å². The number of allylic oxidation sites excluding steroid dienone is 2. The van der Waals surface area contributed by atoms with E-state index in [0.717, 1.165) is 12.8 Å². The second kappa shape index (κ2) is 9.49. The minimum Gasteiger partial charge on any atom is -0.405 e. The van der Waals surface area contributed by atoms with E-state index in [1.54, 1.807) is 0 Å². The van der Waals surface area contributed by atoms with Crippen LogP contribution in [0, 0.1) is 0 Å². The Hall–Kier alpha value is -1.68. The van der Waals surface area contributed by atoms with Crippen LogP contribution in [0.25, 0.3) is 0 Å². The lowest BCUT2D eigenvalue weighted by Gasteiger charge is -2.43. The van der Waals surface area contributed by atoms with Gasteiger partial charge in [-0.1, -0.05) is 93.1 Å². The van der Waals surface area contributed by atoms with Crippen LogP contribution in [0.1, 0.15) is 47.5 Å². The first-order chi connectivity index (χ1) is 12.8. The number of hydrogen-bond donors (Lipinski definition) is 1. The van der Waals surface area contributed by atoms with Gasteiger partial charge in [-0.2, -0.15) is 0 Å². The normalized spacial score (nSPS) is 13.3. The number of rotatable bonds is 8. The zero-order valence-corrected chi connectivity index (χ0v) is 18.4. The van der Waals surface area contributed by atoms with Crippen LogP contribution in [0.4, 0.5) is 0 Å². The van der Waals surface area contributed by atoms with Crippen molar-refractivity contribution < 1.29 is 9.53 Å². The van der Waals surface area contributed by atoms with Crippen molar-refractivity contribution >= 4 is 18.7 Å². The molecule has 0 spiro atoms. The lowest BCUT2D eigenvalue weighted by Crippen LogP contribution is -2.67. The van der Waals surface area contributed by atoms with Crippen LogP contribution in [0.5, 0.6) is 0 Å². The molecule has 0 radical (unpaired) electrons. The second-order valence-corrected chi connectivity index (χ2v) is 12.8. The molecule has 0 aliphatic carbocycles. The van der Waals surface area contributed by atoms with Crippen molar-refractivity contribution in [2.45, 2.75) is 58.6 Å². The maximum Gasteiger partial charge on any atom is 0.261 e. The summed E-state index contributed by atoms with van der Waals surface area (Å²) in [5.41, 5.74) is 1.29. The summed E-state index contributed by atoms with van der Waals surface area (Å²) in [6.07, 6.45) is 3.32. The Balaban J connectivity index is 2.36. The molecule has 1 N–H and O–H groups in total. The van der Waals surface area contributed by atoms with Gasteiger partial charge in [0, 0.05) is 0 Å². The summed E-state index contributed by atoms with van der Waals surface area (Å²) in [5.74, 6) is 0. The predicted molar refractivity (Wildman–Crippen MR) is 118 cm³/mol. The van der Waals surface area contributed by atoms with Gasteiger partial charge < -0.3 is 9.53 Å². The molecular formula is C24H34O2Si. The highest BCUT2D eigenvalue weighted by atomic mass is 28.4. The van der Waals surface area contributed by atoms with E-state index in [4.69, 9.17) is 4.43 Å². The molecule has 0 amide bonds. The molecular weight excluding hydrogens is 348 g/mol. The third-order valence-corrected chi connectivity index (χ3v) is 9.97. The summed E-state index contributed by atoms with van der Waals surface area (Å²) in [5, 5.41) is 13.0. The lowest BCUT2D eigenvalue weighted by molar-refractivity contribution is 0.0959. The smallest absolute Gasteiger partial charge is 0.261 e. The van der Waals surface area contributed by atoms with Gasteiger partial charge in [0.1, 0.15) is 0 Å². The van der Waals surface area contributed by atoms with E-state index in [1.807, 2.05) is 12.1 Å². The van der Waals surface area contributed by atoms with E-state index in [-0.39, 0.29) is 5.04 Å². The molecule has 0 saturated carbocycles. The van der Waals surface area contributed by atoms with Crippen LogP contribution in [-0.2, 0) is 4.43 Å².